The van der Waals surface area contributed by atoms with E-state index in [-0.39, 0.29) is 17.9 Å². The molecule has 1 saturated heterocycles. The number of carbonyl (C=O) groups is 3. The van der Waals surface area contributed by atoms with E-state index in [1.54, 1.807) is 6.07 Å². The maximum atomic E-state index is 11.9. The van der Waals surface area contributed by atoms with Crippen molar-refractivity contribution in [3.05, 3.63) is 35.4 Å². The Morgan fingerprint density at radius 3 is 2.70 bits per heavy atom. The molecule has 3 amide bonds. The van der Waals surface area contributed by atoms with Crippen molar-refractivity contribution in [3.63, 3.8) is 0 Å². The lowest BCUT2D eigenvalue weighted by Gasteiger charge is -2.12. The number of amides is 3. The molecule has 0 aliphatic carbocycles. The number of esters is 1. The Balaban J connectivity index is 1.97. The molecule has 0 bridgehead atoms. The van der Waals surface area contributed by atoms with Gasteiger partial charge in [-0.05, 0) is 17.7 Å². The van der Waals surface area contributed by atoms with Crippen molar-refractivity contribution < 1.29 is 27.5 Å². The summed E-state index contributed by atoms with van der Waals surface area (Å²) in [6.45, 7) is 0.0493. The van der Waals surface area contributed by atoms with Crippen LogP contribution in [0, 0.1) is 0 Å². The van der Waals surface area contributed by atoms with Crippen molar-refractivity contribution in [2.24, 2.45) is 0 Å². The van der Waals surface area contributed by atoms with Gasteiger partial charge < -0.3 is 10.1 Å². The van der Waals surface area contributed by atoms with E-state index in [4.69, 9.17) is 4.74 Å². The largest absolute Gasteiger partial charge is 0.452 e. The van der Waals surface area contributed by atoms with Gasteiger partial charge in [0.1, 0.15) is 0 Å². The van der Waals surface area contributed by atoms with Gasteiger partial charge in [0.15, 0.2) is 16.4 Å². The molecule has 0 spiro atoms. The molecule has 0 atom stereocenters. The number of urea groups is 1. The maximum Gasteiger partial charge on any atom is 0.338 e. The van der Waals surface area contributed by atoms with Crippen LogP contribution < -0.4 is 5.32 Å². The summed E-state index contributed by atoms with van der Waals surface area (Å²) >= 11 is 0. The molecule has 0 aromatic heterocycles. The predicted octanol–water partition coefficient (Wildman–Crippen LogP) is -0.0602. The number of sulfone groups is 1. The van der Waals surface area contributed by atoms with Gasteiger partial charge >= 0.3 is 12.0 Å². The summed E-state index contributed by atoms with van der Waals surface area (Å²) in [5.41, 5.74) is 0.594. The molecule has 9 heteroatoms. The van der Waals surface area contributed by atoms with Crippen LogP contribution in [0.4, 0.5) is 4.79 Å². The number of nitrogens with zero attached hydrogens (tertiary/aromatic N) is 1. The van der Waals surface area contributed by atoms with Gasteiger partial charge in [0, 0.05) is 19.3 Å². The van der Waals surface area contributed by atoms with Crippen LogP contribution in [0.3, 0.4) is 0 Å². The van der Waals surface area contributed by atoms with Crippen molar-refractivity contribution >= 4 is 27.7 Å². The number of ether oxygens (including phenoxy) is 1. The third-order valence-electron chi connectivity index (χ3n) is 3.08. The zero-order valence-corrected chi connectivity index (χ0v) is 13.3. The highest BCUT2D eigenvalue weighted by Gasteiger charge is 2.26. The Morgan fingerprint density at radius 2 is 2.09 bits per heavy atom. The van der Waals surface area contributed by atoms with Gasteiger partial charge in [-0.1, -0.05) is 12.1 Å². The number of benzene rings is 1. The topological polar surface area (TPSA) is 110 Å². The molecule has 124 valence electrons. The normalized spacial score (nSPS) is 14.5. The van der Waals surface area contributed by atoms with E-state index >= 15 is 0 Å². The monoisotopic (exact) mass is 340 g/mol. The fourth-order valence-electron chi connectivity index (χ4n) is 2.09. The average molecular weight is 340 g/mol. The number of rotatable bonds is 5. The van der Waals surface area contributed by atoms with Crippen LogP contribution in [-0.4, -0.2) is 57.2 Å². The van der Waals surface area contributed by atoms with Gasteiger partial charge in [0.2, 0.25) is 0 Å². The second-order valence-electron chi connectivity index (χ2n) is 5.12. The summed E-state index contributed by atoms with van der Waals surface area (Å²) in [5.74, 6) is -1.56. The summed E-state index contributed by atoms with van der Waals surface area (Å²) in [6.07, 6.45) is 1.09. The van der Waals surface area contributed by atoms with Crippen molar-refractivity contribution in [3.8, 4) is 0 Å². The molecule has 23 heavy (non-hydrogen) atoms. The Kier molecular flexibility index (Phi) is 4.99. The van der Waals surface area contributed by atoms with Gasteiger partial charge in [-0.3, -0.25) is 9.69 Å². The average Bonchev–Trinajstić information content (AvgIpc) is 2.89. The molecule has 1 N–H and O–H groups in total. The first-order valence-electron chi connectivity index (χ1n) is 6.78. The second kappa shape index (κ2) is 6.78. The highest BCUT2D eigenvalue weighted by molar-refractivity contribution is 7.89. The minimum Gasteiger partial charge on any atom is -0.452 e. The van der Waals surface area contributed by atoms with Gasteiger partial charge in [-0.2, -0.15) is 0 Å². The molecule has 1 aliphatic heterocycles. The Labute approximate surface area is 133 Å². The van der Waals surface area contributed by atoms with Crippen molar-refractivity contribution in [1.82, 2.24) is 10.2 Å². The third kappa shape index (κ3) is 4.78. The maximum absolute atomic E-state index is 11.9. The summed E-state index contributed by atoms with van der Waals surface area (Å²) in [5, 5.41) is 2.47. The van der Waals surface area contributed by atoms with Crippen molar-refractivity contribution in [2.45, 2.75) is 5.75 Å². The lowest BCUT2D eigenvalue weighted by atomic mass is 10.1. The third-order valence-corrected chi connectivity index (χ3v) is 3.93. The molecular weight excluding hydrogens is 324 g/mol. The molecule has 0 saturated carbocycles. The Bertz CT molecular complexity index is 743. The quantitative estimate of drug-likeness (QED) is 0.752. The lowest BCUT2D eigenvalue weighted by Crippen LogP contribution is -2.37. The summed E-state index contributed by atoms with van der Waals surface area (Å²) in [7, 11) is -3.22. The number of imide groups is 1. The predicted molar refractivity (Wildman–Crippen MR) is 80.4 cm³/mol. The zero-order chi connectivity index (χ0) is 17.0. The van der Waals surface area contributed by atoms with Crippen LogP contribution >= 0.6 is 0 Å². The first kappa shape index (κ1) is 16.9. The highest BCUT2D eigenvalue weighted by atomic mass is 32.2. The zero-order valence-electron chi connectivity index (χ0n) is 12.4. The number of carbonyl (C=O) groups excluding carboxylic acids is 3. The Morgan fingerprint density at radius 1 is 1.35 bits per heavy atom. The van der Waals surface area contributed by atoms with Crippen LogP contribution in [0.2, 0.25) is 0 Å². The summed E-state index contributed by atoms with van der Waals surface area (Å²) < 4.78 is 27.4. The second-order valence-corrected chi connectivity index (χ2v) is 7.26. The number of hydrogen-bond donors (Lipinski definition) is 1. The SMILES string of the molecule is CS(=O)(=O)Cc1cccc(C(=O)OCC(=O)N2CCNC2=O)c1. The van der Waals surface area contributed by atoms with Crippen LogP contribution in [0.15, 0.2) is 24.3 Å². The number of hydrogen-bond acceptors (Lipinski definition) is 6. The molecule has 1 aromatic rings. The Hall–Kier alpha value is -2.42. The molecule has 0 unspecified atom stereocenters. The van der Waals surface area contributed by atoms with Gasteiger partial charge in [-0.15, -0.1) is 0 Å². The van der Waals surface area contributed by atoms with Crippen LogP contribution in [-0.2, 0) is 25.1 Å². The van der Waals surface area contributed by atoms with Crippen molar-refractivity contribution in [2.75, 3.05) is 26.0 Å². The minimum atomic E-state index is -3.22. The van der Waals surface area contributed by atoms with Crippen LogP contribution in [0.25, 0.3) is 0 Å². The van der Waals surface area contributed by atoms with E-state index in [1.807, 2.05) is 0 Å². The van der Waals surface area contributed by atoms with Gasteiger partial charge in [-0.25, -0.2) is 18.0 Å². The van der Waals surface area contributed by atoms with Crippen LogP contribution in [0.1, 0.15) is 15.9 Å². The molecule has 0 radical (unpaired) electrons. The van der Waals surface area contributed by atoms with Crippen molar-refractivity contribution in [1.29, 1.82) is 0 Å². The molecule has 1 fully saturated rings. The van der Waals surface area contributed by atoms with E-state index in [1.165, 1.54) is 18.2 Å². The van der Waals surface area contributed by atoms with E-state index in [9.17, 15) is 22.8 Å². The molecule has 1 aromatic carbocycles. The summed E-state index contributed by atoms with van der Waals surface area (Å²) in [6, 6.07) is 5.46. The van der Waals surface area contributed by atoms with Crippen LogP contribution in [0.5, 0.6) is 0 Å². The lowest BCUT2D eigenvalue weighted by molar-refractivity contribution is -0.130. The summed E-state index contributed by atoms with van der Waals surface area (Å²) in [4.78, 5) is 35.9. The standard InChI is InChI=1S/C14H16N2O6S/c1-23(20,21)9-10-3-2-4-11(7-10)13(18)22-8-12(17)16-6-5-15-14(16)19/h2-4,7H,5-6,8-9H2,1H3,(H,15,19). The molecule has 2 rings (SSSR count). The van der Waals surface area contributed by atoms with E-state index in [0.717, 1.165) is 11.2 Å². The molecular formula is C14H16N2O6S. The molecule has 1 aliphatic rings. The molecule has 8 nitrogen and oxygen atoms in total. The molecule has 1 heterocycles. The van der Waals surface area contributed by atoms with Gasteiger partial charge in [0.05, 0.1) is 11.3 Å². The van der Waals surface area contributed by atoms with E-state index in [0.29, 0.717) is 12.1 Å². The smallest absolute Gasteiger partial charge is 0.338 e. The van der Waals surface area contributed by atoms with E-state index < -0.39 is 34.4 Å². The highest BCUT2D eigenvalue weighted by Crippen LogP contribution is 2.10. The van der Waals surface area contributed by atoms with Gasteiger partial charge in [0.25, 0.3) is 5.91 Å². The number of nitrogens with one attached hydrogen (secondary N) is 1. The van der Waals surface area contributed by atoms with E-state index in [2.05, 4.69) is 5.32 Å². The minimum absolute atomic E-state index is 0.143. The first-order chi connectivity index (χ1) is 10.8. The fourth-order valence-corrected chi connectivity index (χ4v) is 2.87. The first-order valence-corrected chi connectivity index (χ1v) is 8.84. The fraction of sp³-hybridized carbons (Fsp3) is 0.357.